The summed E-state index contributed by atoms with van der Waals surface area (Å²) >= 11 is 1.77. The third kappa shape index (κ3) is 3.11. The van der Waals surface area contributed by atoms with Gasteiger partial charge in [0.1, 0.15) is 0 Å². The van der Waals surface area contributed by atoms with Gasteiger partial charge >= 0.3 is 0 Å². The van der Waals surface area contributed by atoms with Crippen molar-refractivity contribution in [1.29, 1.82) is 0 Å². The fourth-order valence-corrected chi connectivity index (χ4v) is 3.73. The Hall–Kier alpha value is -1.00. The van der Waals surface area contributed by atoms with Gasteiger partial charge < -0.3 is 4.90 Å². The highest BCUT2D eigenvalue weighted by Crippen LogP contribution is 2.32. The second kappa shape index (κ2) is 6.41. The van der Waals surface area contributed by atoms with Gasteiger partial charge in [-0.15, -0.1) is 0 Å². The molecule has 3 nitrogen and oxygen atoms in total. The van der Waals surface area contributed by atoms with Crippen LogP contribution in [0.15, 0.2) is 24.3 Å². The van der Waals surface area contributed by atoms with Gasteiger partial charge in [0.15, 0.2) is 0 Å². The smallest absolute Gasteiger partial charge is 0.228 e. The number of rotatable bonds is 3. The molecule has 114 valence electrons. The standard InChI is InChI=1S/C17H24N2OS/c1-13(21-2)10-17(20)19-12-15-7-5-9-18(15)11-14-6-3-4-8-16(14)19/h3-4,6,8,13,15H,5,7,9-12H2,1-2H3. The lowest BCUT2D eigenvalue weighted by Crippen LogP contribution is -2.41. The zero-order valence-electron chi connectivity index (χ0n) is 12.9. The van der Waals surface area contributed by atoms with Crippen molar-refractivity contribution in [2.75, 3.05) is 24.2 Å². The van der Waals surface area contributed by atoms with E-state index in [1.807, 2.05) is 6.07 Å². The molecule has 2 aliphatic rings. The van der Waals surface area contributed by atoms with Crippen LogP contribution in [0.2, 0.25) is 0 Å². The van der Waals surface area contributed by atoms with E-state index in [1.165, 1.54) is 24.9 Å². The van der Waals surface area contributed by atoms with Gasteiger partial charge in [-0.1, -0.05) is 25.1 Å². The highest BCUT2D eigenvalue weighted by molar-refractivity contribution is 7.99. The number of anilines is 1. The first-order chi connectivity index (χ1) is 10.2. The molecule has 1 saturated heterocycles. The molecule has 2 atom stereocenters. The second-order valence-corrected chi connectivity index (χ2v) is 7.43. The molecule has 0 saturated carbocycles. The lowest BCUT2D eigenvalue weighted by molar-refractivity contribution is -0.118. The molecule has 0 spiro atoms. The van der Waals surface area contributed by atoms with E-state index in [-0.39, 0.29) is 5.91 Å². The lowest BCUT2D eigenvalue weighted by Gasteiger charge is -2.27. The molecule has 0 aliphatic carbocycles. The number of benzene rings is 1. The van der Waals surface area contributed by atoms with E-state index in [4.69, 9.17) is 0 Å². The molecular formula is C17H24N2OS. The second-order valence-electron chi connectivity index (χ2n) is 6.15. The molecule has 0 N–H and O–H groups in total. The average Bonchev–Trinajstić information content (AvgIpc) is 2.86. The normalized spacial score (nSPS) is 23.3. The average molecular weight is 304 g/mol. The lowest BCUT2D eigenvalue weighted by atomic mass is 10.1. The Balaban J connectivity index is 1.88. The summed E-state index contributed by atoms with van der Waals surface area (Å²) in [7, 11) is 0. The third-order valence-corrected chi connectivity index (χ3v) is 5.69. The fourth-order valence-electron chi connectivity index (χ4n) is 3.42. The first-order valence-electron chi connectivity index (χ1n) is 7.84. The van der Waals surface area contributed by atoms with Crippen molar-refractivity contribution in [2.45, 2.75) is 44.0 Å². The molecule has 1 aromatic rings. The van der Waals surface area contributed by atoms with Crippen LogP contribution in [0.1, 0.15) is 31.7 Å². The maximum atomic E-state index is 12.8. The quantitative estimate of drug-likeness (QED) is 0.857. The number of nitrogens with zero attached hydrogens (tertiary/aromatic N) is 2. The Morgan fingerprint density at radius 3 is 3.05 bits per heavy atom. The predicted octanol–water partition coefficient (Wildman–Crippen LogP) is 3.14. The Kier molecular flexibility index (Phi) is 4.55. The summed E-state index contributed by atoms with van der Waals surface area (Å²) in [5.74, 6) is 0.276. The Morgan fingerprint density at radius 1 is 1.43 bits per heavy atom. The molecule has 2 aliphatic heterocycles. The number of thioether (sulfide) groups is 1. The molecule has 2 heterocycles. The third-order valence-electron chi connectivity index (χ3n) is 4.71. The van der Waals surface area contributed by atoms with Crippen molar-refractivity contribution < 1.29 is 4.79 Å². The Bertz CT molecular complexity index is 519. The highest BCUT2D eigenvalue weighted by atomic mass is 32.2. The van der Waals surface area contributed by atoms with Crippen LogP contribution in [0.25, 0.3) is 0 Å². The fraction of sp³-hybridized carbons (Fsp3) is 0.588. The zero-order chi connectivity index (χ0) is 14.8. The van der Waals surface area contributed by atoms with E-state index in [0.717, 1.165) is 18.8 Å². The first-order valence-corrected chi connectivity index (χ1v) is 9.13. The summed E-state index contributed by atoms with van der Waals surface area (Å²) in [6.07, 6.45) is 5.18. The minimum absolute atomic E-state index is 0.276. The predicted molar refractivity (Wildman–Crippen MR) is 89.8 cm³/mol. The van der Waals surface area contributed by atoms with E-state index in [0.29, 0.717) is 17.7 Å². The number of amides is 1. The monoisotopic (exact) mass is 304 g/mol. The van der Waals surface area contributed by atoms with Crippen LogP contribution in [-0.4, -0.2) is 41.4 Å². The summed E-state index contributed by atoms with van der Waals surface area (Å²) in [5.41, 5.74) is 2.43. The molecular weight excluding hydrogens is 280 g/mol. The van der Waals surface area contributed by atoms with Crippen LogP contribution in [0.5, 0.6) is 0 Å². The van der Waals surface area contributed by atoms with Crippen LogP contribution in [0.4, 0.5) is 5.69 Å². The van der Waals surface area contributed by atoms with Gasteiger partial charge in [-0.05, 0) is 37.3 Å². The van der Waals surface area contributed by atoms with Crippen LogP contribution >= 0.6 is 11.8 Å². The molecule has 1 fully saturated rings. The molecule has 3 rings (SSSR count). The molecule has 1 amide bonds. The van der Waals surface area contributed by atoms with Crippen molar-refractivity contribution in [3.8, 4) is 0 Å². The van der Waals surface area contributed by atoms with E-state index in [2.05, 4.69) is 41.2 Å². The number of hydrogen-bond acceptors (Lipinski definition) is 3. The minimum atomic E-state index is 0.276. The summed E-state index contributed by atoms with van der Waals surface area (Å²) in [4.78, 5) is 17.4. The van der Waals surface area contributed by atoms with E-state index in [9.17, 15) is 4.79 Å². The summed E-state index contributed by atoms with van der Waals surface area (Å²) in [5, 5.41) is 0.382. The van der Waals surface area contributed by atoms with E-state index in [1.54, 1.807) is 11.8 Å². The minimum Gasteiger partial charge on any atom is -0.310 e. The number of carbonyl (C=O) groups is 1. The van der Waals surface area contributed by atoms with Gasteiger partial charge in [0.05, 0.1) is 0 Å². The van der Waals surface area contributed by atoms with Crippen molar-refractivity contribution in [2.24, 2.45) is 0 Å². The van der Waals surface area contributed by atoms with Crippen molar-refractivity contribution >= 4 is 23.4 Å². The molecule has 0 aromatic heterocycles. The van der Waals surface area contributed by atoms with Crippen molar-refractivity contribution in [3.63, 3.8) is 0 Å². The maximum Gasteiger partial charge on any atom is 0.228 e. The first kappa shape index (κ1) is 14.9. The summed E-state index contributed by atoms with van der Waals surface area (Å²) in [6.45, 7) is 5.15. The number of para-hydroxylation sites is 1. The SMILES string of the molecule is CSC(C)CC(=O)N1CC2CCCN2Cc2ccccc21. The molecule has 21 heavy (non-hydrogen) atoms. The van der Waals surface area contributed by atoms with Crippen LogP contribution in [0.3, 0.4) is 0 Å². The molecule has 4 heteroatoms. The largest absolute Gasteiger partial charge is 0.310 e. The van der Waals surface area contributed by atoms with Gasteiger partial charge in [-0.25, -0.2) is 0 Å². The topological polar surface area (TPSA) is 23.6 Å². The molecule has 0 radical (unpaired) electrons. The Labute approximate surface area is 131 Å². The zero-order valence-corrected chi connectivity index (χ0v) is 13.7. The van der Waals surface area contributed by atoms with Crippen molar-refractivity contribution in [3.05, 3.63) is 29.8 Å². The highest BCUT2D eigenvalue weighted by Gasteiger charge is 2.33. The van der Waals surface area contributed by atoms with E-state index >= 15 is 0 Å². The van der Waals surface area contributed by atoms with Crippen molar-refractivity contribution in [1.82, 2.24) is 4.90 Å². The Morgan fingerprint density at radius 2 is 2.24 bits per heavy atom. The van der Waals surface area contributed by atoms with Gasteiger partial charge in [0.2, 0.25) is 5.91 Å². The summed E-state index contributed by atoms with van der Waals surface area (Å²) in [6, 6.07) is 8.95. The van der Waals surface area contributed by atoms with Gasteiger partial charge in [0, 0.05) is 36.5 Å². The summed E-state index contributed by atoms with van der Waals surface area (Å²) < 4.78 is 0. The molecule has 2 unspecified atom stereocenters. The van der Waals surface area contributed by atoms with Gasteiger partial charge in [-0.3, -0.25) is 9.69 Å². The number of carbonyl (C=O) groups excluding carboxylic acids is 1. The molecule has 0 bridgehead atoms. The van der Waals surface area contributed by atoms with Gasteiger partial charge in [-0.2, -0.15) is 11.8 Å². The van der Waals surface area contributed by atoms with Gasteiger partial charge in [0.25, 0.3) is 0 Å². The number of fused-ring (bicyclic) bond motifs is 2. The van der Waals surface area contributed by atoms with Crippen LogP contribution < -0.4 is 4.90 Å². The maximum absolute atomic E-state index is 12.8. The van der Waals surface area contributed by atoms with Crippen LogP contribution in [-0.2, 0) is 11.3 Å². The molecule has 1 aromatic carbocycles. The number of hydrogen-bond donors (Lipinski definition) is 0. The van der Waals surface area contributed by atoms with Crippen LogP contribution in [0, 0.1) is 0 Å². The van der Waals surface area contributed by atoms with E-state index < -0.39 is 0 Å².